The lowest BCUT2D eigenvalue weighted by molar-refractivity contribution is -0.134. The molecule has 0 aliphatic carbocycles. The van der Waals surface area contributed by atoms with Crippen LogP contribution in [0.1, 0.15) is 41.8 Å². The Kier molecular flexibility index (Phi) is 3.18. The minimum atomic E-state index is -0.691. The highest BCUT2D eigenvalue weighted by atomic mass is 16.3. The van der Waals surface area contributed by atoms with Crippen LogP contribution in [0, 0.1) is 0 Å². The summed E-state index contributed by atoms with van der Waals surface area (Å²) in [6.45, 7) is 1.65. The molecule has 0 spiro atoms. The first kappa shape index (κ1) is 14.8. The third-order valence-corrected chi connectivity index (χ3v) is 4.69. The molecule has 0 bridgehead atoms. The highest BCUT2D eigenvalue weighted by Gasteiger charge is 2.40. The van der Waals surface area contributed by atoms with Gasteiger partial charge in [-0.3, -0.25) is 24.6 Å². The first-order valence-electron chi connectivity index (χ1n) is 7.89. The Morgan fingerprint density at radius 1 is 1.25 bits per heavy atom. The number of benzene rings is 2. The van der Waals surface area contributed by atoms with Gasteiger partial charge in [0.05, 0.1) is 17.4 Å². The Morgan fingerprint density at radius 2 is 2.04 bits per heavy atom. The van der Waals surface area contributed by atoms with Gasteiger partial charge in [-0.15, -0.1) is 0 Å². The Morgan fingerprint density at radius 3 is 2.75 bits per heavy atom. The number of carbonyl (C=O) groups excluding carboxylic acids is 3. The van der Waals surface area contributed by atoms with Crippen molar-refractivity contribution in [3.63, 3.8) is 0 Å². The molecular weight excluding hydrogens is 308 g/mol. The highest BCUT2D eigenvalue weighted by Crippen LogP contribution is 2.40. The maximum Gasteiger partial charge on any atom is 0.259 e. The molecule has 2 N–H and O–H groups in total. The summed E-state index contributed by atoms with van der Waals surface area (Å²) < 4.78 is 0. The zero-order valence-corrected chi connectivity index (χ0v) is 13.1. The molecule has 6 heteroatoms. The van der Waals surface area contributed by atoms with Gasteiger partial charge in [0.2, 0.25) is 11.8 Å². The average Bonchev–Trinajstić information content (AvgIpc) is 2.82. The van der Waals surface area contributed by atoms with Crippen LogP contribution >= 0.6 is 0 Å². The number of imide groups is 1. The van der Waals surface area contributed by atoms with Crippen molar-refractivity contribution < 1.29 is 19.5 Å². The number of aliphatic hydroxyl groups is 1. The lowest BCUT2D eigenvalue weighted by Crippen LogP contribution is -2.53. The van der Waals surface area contributed by atoms with Crippen LogP contribution in [0.3, 0.4) is 0 Å². The molecule has 2 aromatic rings. The van der Waals surface area contributed by atoms with Crippen molar-refractivity contribution in [2.45, 2.75) is 31.9 Å². The van der Waals surface area contributed by atoms with E-state index in [1.54, 1.807) is 13.0 Å². The standard InChI is InChI=1S/C18H16N2O4/c1-9(21)11-7-10-3-2-4-13-16(10)12(8-11)18(24)20(13)14-5-6-15(22)19-17(14)23/h2-4,7-9,14,21H,5-6H2,1H3,(H,19,22,23). The molecule has 1 saturated heterocycles. The summed E-state index contributed by atoms with van der Waals surface area (Å²) in [6, 6.07) is 8.37. The molecule has 24 heavy (non-hydrogen) atoms. The lowest BCUT2D eigenvalue weighted by Gasteiger charge is -2.30. The van der Waals surface area contributed by atoms with E-state index in [1.807, 2.05) is 24.3 Å². The molecule has 4 rings (SSSR count). The molecule has 2 aliphatic rings. The largest absolute Gasteiger partial charge is 0.389 e. The van der Waals surface area contributed by atoms with E-state index < -0.39 is 18.1 Å². The molecule has 2 aliphatic heterocycles. The van der Waals surface area contributed by atoms with E-state index in [-0.39, 0.29) is 18.2 Å². The maximum atomic E-state index is 13.0. The van der Waals surface area contributed by atoms with Crippen molar-refractivity contribution >= 4 is 34.2 Å². The summed E-state index contributed by atoms with van der Waals surface area (Å²) in [5, 5.41) is 13.8. The number of nitrogens with zero attached hydrogens (tertiary/aromatic N) is 1. The van der Waals surface area contributed by atoms with Gasteiger partial charge in [-0.25, -0.2) is 0 Å². The van der Waals surface area contributed by atoms with Crippen molar-refractivity contribution in [3.8, 4) is 0 Å². The van der Waals surface area contributed by atoms with Crippen LogP contribution < -0.4 is 10.2 Å². The quantitative estimate of drug-likeness (QED) is 0.823. The second-order valence-electron chi connectivity index (χ2n) is 6.26. The SMILES string of the molecule is CC(O)c1cc2c3c(cccc3c1)N(C1CCC(=O)NC1=O)C2=O. The maximum absolute atomic E-state index is 13.0. The number of hydrogen-bond donors (Lipinski definition) is 2. The van der Waals surface area contributed by atoms with Gasteiger partial charge in [-0.1, -0.05) is 12.1 Å². The molecule has 6 nitrogen and oxygen atoms in total. The molecule has 2 heterocycles. The van der Waals surface area contributed by atoms with Crippen molar-refractivity contribution in [1.29, 1.82) is 0 Å². The van der Waals surface area contributed by atoms with Gasteiger partial charge in [-0.05, 0) is 42.5 Å². The van der Waals surface area contributed by atoms with E-state index in [4.69, 9.17) is 0 Å². The van der Waals surface area contributed by atoms with Crippen LogP contribution in [-0.2, 0) is 9.59 Å². The van der Waals surface area contributed by atoms with Gasteiger partial charge in [0.25, 0.3) is 5.91 Å². The minimum absolute atomic E-state index is 0.214. The van der Waals surface area contributed by atoms with Gasteiger partial charge in [-0.2, -0.15) is 0 Å². The molecule has 0 saturated carbocycles. The van der Waals surface area contributed by atoms with Crippen LogP contribution in [0.5, 0.6) is 0 Å². The van der Waals surface area contributed by atoms with E-state index in [2.05, 4.69) is 5.32 Å². The van der Waals surface area contributed by atoms with Gasteiger partial charge < -0.3 is 5.11 Å². The molecule has 3 amide bonds. The predicted octanol–water partition coefficient (Wildman–Crippen LogP) is 1.66. The van der Waals surface area contributed by atoms with Gasteiger partial charge in [0, 0.05) is 11.8 Å². The Hall–Kier alpha value is -2.73. The van der Waals surface area contributed by atoms with Crippen molar-refractivity contribution in [3.05, 3.63) is 41.5 Å². The summed E-state index contributed by atoms with van der Waals surface area (Å²) in [5.74, 6) is -1.02. The fourth-order valence-electron chi connectivity index (χ4n) is 3.52. The third kappa shape index (κ3) is 2.03. The number of hydrogen-bond acceptors (Lipinski definition) is 4. The van der Waals surface area contributed by atoms with E-state index >= 15 is 0 Å². The molecule has 0 radical (unpaired) electrons. The summed E-state index contributed by atoms with van der Waals surface area (Å²) in [5.41, 5.74) is 1.83. The van der Waals surface area contributed by atoms with E-state index in [1.165, 1.54) is 4.90 Å². The number of amides is 3. The molecule has 122 valence electrons. The molecule has 2 atom stereocenters. The minimum Gasteiger partial charge on any atom is -0.389 e. The van der Waals surface area contributed by atoms with Gasteiger partial charge in [0.15, 0.2) is 0 Å². The van der Waals surface area contributed by atoms with Crippen molar-refractivity contribution in [1.82, 2.24) is 5.32 Å². The normalized spacial score (nSPS) is 21.3. The summed E-state index contributed by atoms with van der Waals surface area (Å²) in [7, 11) is 0. The van der Waals surface area contributed by atoms with E-state index in [0.29, 0.717) is 23.2 Å². The topological polar surface area (TPSA) is 86.7 Å². The number of aliphatic hydroxyl groups excluding tert-OH is 1. The van der Waals surface area contributed by atoms with Crippen LogP contribution in [0.15, 0.2) is 30.3 Å². The monoisotopic (exact) mass is 324 g/mol. The number of anilines is 1. The predicted molar refractivity (Wildman–Crippen MR) is 87.6 cm³/mol. The van der Waals surface area contributed by atoms with Crippen molar-refractivity contribution in [2.75, 3.05) is 4.90 Å². The van der Waals surface area contributed by atoms with Crippen LogP contribution in [0.2, 0.25) is 0 Å². The second kappa shape index (κ2) is 5.14. The number of nitrogens with one attached hydrogen (secondary N) is 1. The lowest BCUT2D eigenvalue weighted by atomic mass is 9.99. The Labute approximate surface area is 138 Å². The first-order valence-corrected chi connectivity index (χ1v) is 7.89. The summed E-state index contributed by atoms with van der Waals surface area (Å²) >= 11 is 0. The van der Waals surface area contributed by atoms with Crippen LogP contribution in [-0.4, -0.2) is 28.9 Å². The molecule has 2 unspecified atom stereocenters. The van der Waals surface area contributed by atoms with E-state index in [0.717, 1.165) is 10.8 Å². The number of carbonyl (C=O) groups is 3. The second-order valence-corrected chi connectivity index (χ2v) is 6.26. The number of piperidine rings is 1. The molecule has 1 fully saturated rings. The Bertz CT molecular complexity index is 903. The zero-order chi connectivity index (χ0) is 17.0. The third-order valence-electron chi connectivity index (χ3n) is 4.69. The smallest absolute Gasteiger partial charge is 0.259 e. The molecule has 0 aromatic heterocycles. The molecular formula is C18H16N2O4. The van der Waals surface area contributed by atoms with E-state index in [9.17, 15) is 19.5 Å². The summed E-state index contributed by atoms with van der Waals surface area (Å²) in [6.07, 6.45) is -0.165. The van der Waals surface area contributed by atoms with Gasteiger partial charge in [0.1, 0.15) is 6.04 Å². The number of rotatable bonds is 2. The fourth-order valence-corrected chi connectivity index (χ4v) is 3.52. The van der Waals surface area contributed by atoms with Crippen LogP contribution in [0.4, 0.5) is 5.69 Å². The van der Waals surface area contributed by atoms with Gasteiger partial charge >= 0.3 is 0 Å². The Balaban J connectivity index is 1.86. The fraction of sp³-hybridized carbons (Fsp3) is 0.278. The highest BCUT2D eigenvalue weighted by molar-refractivity contribution is 6.27. The average molecular weight is 324 g/mol. The van der Waals surface area contributed by atoms with Crippen molar-refractivity contribution in [2.24, 2.45) is 0 Å². The summed E-state index contributed by atoms with van der Waals surface area (Å²) in [4.78, 5) is 38.0. The molecule has 2 aromatic carbocycles. The zero-order valence-electron chi connectivity index (χ0n) is 13.1. The first-order chi connectivity index (χ1) is 11.5. The van der Waals surface area contributed by atoms with Crippen LogP contribution in [0.25, 0.3) is 10.8 Å².